The molecule has 0 saturated heterocycles. The Morgan fingerprint density at radius 1 is 1.10 bits per heavy atom. The van der Waals surface area contributed by atoms with Crippen LogP contribution in [0.4, 0.5) is 0 Å². The van der Waals surface area contributed by atoms with E-state index in [1.54, 1.807) is 13.2 Å². The van der Waals surface area contributed by atoms with Gasteiger partial charge in [0.1, 0.15) is 5.75 Å². The smallest absolute Gasteiger partial charge is 0.244 e. The van der Waals surface area contributed by atoms with Crippen molar-refractivity contribution >= 4 is 11.5 Å². The Balaban J connectivity index is 1.99. The first-order valence-electron chi connectivity index (χ1n) is 6.84. The fourth-order valence-electron chi connectivity index (χ4n) is 2.06. The second kappa shape index (κ2) is 7.29. The summed E-state index contributed by atoms with van der Waals surface area (Å²) in [6.07, 6.45) is 1.62. The number of carbonyl (C=O) groups is 1. The third kappa shape index (κ3) is 4.21. The summed E-state index contributed by atoms with van der Waals surface area (Å²) in [7, 11) is 1.63. The van der Waals surface area contributed by atoms with Crippen LogP contribution in [-0.4, -0.2) is 13.0 Å². The van der Waals surface area contributed by atoms with Crippen molar-refractivity contribution in [2.24, 2.45) is 0 Å². The number of rotatable bonds is 5. The summed E-state index contributed by atoms with van der Waals surface area (Å²) in [4.78, 5) is 12.0. The fraction of sp³-hybridized carbons (Fsp3) is 0.167. The van der Waals surface area contributed by atoms with Gasteiger partial charge in [0.25, 0.3) is 0 Å². The minimum atomic E-state index is -0.109. The van der Waals surface area contributed by atoms with Crippen molar-refractivity contribution in [2.45, 2.75) is 13.5 Å². The molecule has 0 aliphatic heterocycles. The topological polar surface area (TPSA) is 38.3 Å². The van der Waals surface area contributed by atoms with Crippen molar-refractivity contribution in [3.8, 4) is 5.75 Å². The van der Waals surface area contributed by atoms with Crippen molar-refractivity contribution in [2.75, 3.05) is 7.11 Å². The van der Waals surface area contributed by atoms with Gasteiger partial charge in [0.15, 0.2) is 0 Å². The molecule has 1 N–H and O–H groups in total. The summed E-state index contributed by atoms with van der Waals surface area (Å²) in [6.45, 7) is 2.37. The number of methoxy groups -OCH3 is 1. The zero-order valence-electron chi connectivity index (χ0n) is 12.3. The molecule has 21 heavy (non-hydrogen) atoms. The molecule has 0 bridgehead atoms. The highest BCUT2D eigenvalue weighted by Crippen LogP contribution is 2.17. The minimum absolute atomic E-state index is 0.109. The second-order valence-corrected chi connectivity index (χ2v) is 4.72. The average molecular weight is 281 g/mol. The first-order chi connectivity index (χ1) is 10.2. The van der Waals surface area contributed by atoms with Crippen molar-refractivity contribution in [3.05, 3.63) is 71.8 Å². The number of nitrogens with one attached hydrogen (secondary N) is 1. The molecule has 0 spiro atoms. The number of carbonyl (C=O) groups excluding carboxylic acids is 1. The molecule has 0 aromatic heterocycles. The largest absolute Gasteiger partial charge is 0.496 e. The number of amides is 1. The van der Waals surface area contributed by atoms with Crippen LogP contribution in [-0.2, 0) is 11.3 Å². The molecule has 0 heterocycles. The van der Waals surface area contributed by atoms with Gasteiger partial charge in [-0.2, -0.15) is 0 Å². The van der Waals surface area contributed by atoms with E-state index < -0.39 is 0 Å². The molecule has 3 heteroatoms. The predicted octanol–water partition coefficient (Wildman–Crippen LogP) is 3.41. The van der Waals surface area contributed by atoms with Gasteiger partial charge >= 0.3 is 0 Å². The Kier molecular flexibility index (Phi) is 5.16. The summed E-state index contributed by atoms with van der Waals surface area (Å²) < 4.78 is 5.26. The zero-order valence-corrected chi connectivity index (χ0v) is 12.3. The fourth-order valence-corrected chi connectivity index (χ4v) is 2.06. The van der Waals surface area contributed by atoms with Crippen LogP contribution in [0.25, 0.3) is 5.57 Å². The lowest BCUT2D eigenvalue weighted by Crippen LogP contribution is -2.21. The predicted molar refractivity (Wildman–Crippen MR) is 84.9 cm³/mol. The van der Waals surface area contributed by atoms with Crippen LogP contribution in [0.2, 0.25) is 0 Å². The number of hydrogen-bond acceptors (Lipinski definition) is 2. The maximum atomic E-state index is 12.0. The van der Waals surface area contributed by atoms with Gasteiger partial charge in [-0.25, -0.2) is 0 Å². The van der Waals surface area contributed by atoms with Crippen LogP contribution < -0.4 is 10.1 Å². The van der Waals surface area contributed by atoms with Gasteiger partial charge in [0.05, 0.1) is 7.11 Å². The molecular formula is C18H19NO2. The summed E-state index contributed by atoms with van der Waals surface area (Å²) >= 11 is 0. The Labute approximate surface area is 125 Å². The van der Waals surface area contributed by atoms with Crippen LogP contribution in [0.5, 0.6) is 5.75 Å². The quantitative estimate of drug-likeness (QED) is 0.853. The molecule has 2 aromatic rings. The molecule has 1 amide bonds. The molecule has 2 rings (SSSR count). The van der Waals surface area contributed by atoms with Gasteiger partial charge < -0.3 is 10.1 Å². The first-order valence-corrected chi connectivity index (χ1v) is 6.84. The van der Waals surface area contributed by atoms with Crippen LogP contribution in [0.3, 0.4) is 0 Å². The van der Waals surface area contributed by atoms with Gasteiger partial charge in [-0.3, -0.25) is 4.79 Å². The van der Waals surface area contributed by atoms with Gasteiger partial charge in [-0.15, -0.1) is 0 Å². The molecule has 3 nitrogen and oxygen atoms in total. The molecule has 0 fully saturated rings. The zero-order chi connectivity index (χ0) is 15.1. The maximum absolute atomic E-state index is 12.0. The molecule has 0 aliphatic rings. The van der Waals surface area contributed by atoms with E-state index in [1.807, 2.05) is 61.5 Å². The standard InChI is InChI=1S/C18H19NO2/c1-14(15-8-4-3-5-9-15)12-18(20)19-13-16-10-6-7-11-17(16)21-2/h3-12H,13H2,1-2H3,(H,19,20)/b14-12+. The van der Waals surface area contributed by atoms with Crippen LogP contribution >= 0.6 is 0 Å². The third-order valence-electron chi connectivity index (χ3n) is 3.22. The molecule has 0 atom stereocenters. The molecule has 0 radical (unpaired) electrons. The summed E-state index contributed by atoms with van der Waals surface area (Å²) in [5.74, 6) is 0.670. The van der Waals surface area contributed by atoms with E-state index >= 15 is 0 Å². The normalized spacial score (nSPS) is 11.0. The number of ether oxygens (including phenoxy) is 1. The van der Waals surface area contributed by atoms with E-state index in [1.165, 1.54) is 0 Å². The number of para-hydroxylation sites is 1. The van der Waals surface area contributed by atoms with E-state index in [0.717, 1.165) is 22.4 Å². The van der Waals surface area contributed by atoms with Gasteiger partial charge in [-0.05, 0) is 24.1 Å². The van der Waals surface area contributed by atoms with Crippen LogP contribution in [0, 0.1) is 0 Å². The van der Waals surface area contributed by atoms with Crippen LogP contribution in [0.15, 0.2) is 60.7 Å². The Morgan fingerprint density at radius 2 is 1.76 bits per heavy atom. The highest BCUT2D eigenvalue weighted by molar-refractivity contribution is 5.94. The highest BCUT2D eigenvalue weighted by atomic mass is 16.5. The first kappa shape index (κ1) is 14.9. The molecular weight excluding hydrogens is 262 g/mol. The number of hydrogen-bond donors (Lipinski definition) is 1. The second-order valence-electron chi connectivity index (χ2n) is 4.72. The van der Waals surface area contributed by atoms with Crippen molar-refractivity contribution in [1.82, 2.24) is 5.32 Å². The Morgan fingerprint density at radius 3 is 2.48 bits per heavy atom. The third-order valence-corrected chi connectivity index (χ3v) is 3.22. The summed E-state index contributed by atoms with van der Waals surface area (Å²) in [5, 5.41) is 2.88. The van der Waals surface area contributed by atoms with Crippen LogP contribution in [0.1, 0.15) is 18.1 Å². The van der Waals surface area contributed by atoms with Gasteiger partial charge in [-0.1, -0.05) is 48.5 Å². The lowest BCUT2D eigenvalue weighted by molar-refractivity contribution is -0.116. The van der Waals surface area contributed by atoms with Crippen molar-refractivity contribution < 1.29 is 9.53 Å². The average Bonchev–Trinajstić information content (AvgIpc) is 2.54. The monoisotopic (exact) mass is 281 g/mol. The SMILES string of the molecule is COc1ccccc1CNC(=O)/C=C(\C)c1ccccc1. The highest BCUT2D eigenvalue weighted by Gasteiger charge is 2.04. The molecule has 0 unspecified atom stereocenters. The molecule has 2 aromatic carbocycles. The maximum Gasteiger partial charge on any atom is 0.244 e. The van der Waals surface area contributed by atoms with E-state index in [-0.39, 0.29) is 5.91 Å². The molecule has 0 saturated carbocycles. The Hall–Kier alpha value is -2.55. The van der Waals surface area contributed by atoms with Gasteiger partial charge in [0, 0.05) is 18.2 Å². The minimum Gasteiger partial charge on any atom is -0.496 e. The lowest BCUT2D eigenvalue weighted by atomic mass is 10.1. The van der Waals surface area contributed by atoms with Crippen molar-refractivity contribution in [3.63, 3.8) is 0 Å². The lowest BCUT2D eigenvalue weighted by Gasteiger charge is -2.08. The van der Waals surface area contributed by atoms with E-state index in [0.29, 0.717) is 6.54 Å². The van der Waals surface area contributed by atoms with E-state index in [2.05, 4.69) is 5.32 Å². The Bertz CT molecular complexity index is 633. The molecule has 0 aliphatic carbocycles. The van der Waals surface area contributed by atoms with Crippen molar-refractivity contribution in [1.29, 1.82) is 0 Å². The van der Waals surface area contributed by atoms with Gasteiger partial charge in [0.2, 0.25) is 5.91 Å². The molecule has 108 valence electrons. The van der Waals surface area contributed by atoms with E-state index in [9.17, 15) is 4.79 Å². The van der Waals surface area contributed by atoms with E-state index in [4.69, 9.17) is 4.74 Å². The number of allylic oxidation sites excluding steroid dienone is 1. The number of benzene rings is 2. The summed E-state index contributed by atoms with van der Waals surface area (Å²) in [5.41, 5.74) is 2.94. The summed E-state index contributed by atoms with van der Waals surface area (Å²) in [6, 6.07) is 17.5.